The molecule has 0 bridgehead atoms. The van der Waals surface area contributed by atoms with Crippen molar-refractivity contribution in [2.24, 2.45) is 5.41 Å². The van der Waals surface area contributed by atoms with E-state index in [-0.39, 0.29) is 11.4 Å². The number of rotatable bonds is 3. The van der Waals surface area contributed by atoms with Gasteiger partial charge in [-0.05, 0) is 12.1 Å². The minimum absolute atomic E-state index is 0.0372. The van der Waals surface area contributed by atoms with Crippen molar-refractivity contribution in [1.29, 1.82) is 0 Å². The molecule has 2 rings (SSSR count). The van der Waals surface area contributed by atoms with E-state index in [2.05, 4.69) is 17.6 Å². The van der Waals surface area contributed by atoms with Gasteiger partial charge in [0.1, 0.15) is 0 Å². The van der Waals surface area contributed by atoms with Gasteiger partial charge in [0.25, 0.3) is 0 Å². The van der Waals surface area contributed by atoms with Crippen molar-refractivity contribution in [2.45, 2.75) is 6.92 Å². The predicted octanol–water partition coefficient (Wildman–Crippen LogP) is 3.15. The van der Waals surface area contributed by atoms with Crippen LogP contribution in [0, 0.1) is 5.41 Å². The molecule has 18 heavy (non-hydrogen) atoms. The topological polar surface area (TPSA) is 50.4 Å². The second kappa shape index (κ2) is 5.34. The third-order valence-electron chi connectivity index (χ3n) is 2.78. The number of amides is 2. The van der Waals surface area contributed by atoms with E-state index < -0.39 is 0 Å². The molecule has 6 heteroatoms. The first-order valence-corrected chi connectivity index (χ1v) is 6.32. The number of urea groups is 1. The summed E-state index contributed by atoms with van der Waals surface area (Å²) in [6.45, 7) is 3.97. The van der Waals surface area contributed by atoms with E-state index >= 15 is 0 Å². The second-order valence-electron chi connectivity index (χ2n) is 4.71. The fourth-order valence-electron chi connectivity index (χ4n) is 1.61. The molecule has 0 radical (unpaired) electrons. The molecule has 1 aliphatic heterocycles. The van der Waals surface area contributed by atoms with Crippen LogP contribution in [0.5, 0.6) is 0 Å². The number of carbonyl (C=O) groups excluding carboxylic acids is 1. The summed E-state index contributed by atoms with van der Waals surface area (Å²) in [6.07, 6.45) is 0. The maximum absolute atomic E-state index is 11.7. The Morgan fingerprint density at radius 3 is 2.78 bits per heavy atom. The van der Waals surface area contributed by atoms with Crippen molar-refractivity contribution >= 4 is 34.9 Å². The van der Waals surface area contributed by atoms with Crippen LogP contribution in [-0.4, -0.2) is 25.8 Å². The molecule has 0 aromatic heterocycles. The van der Waals surface area contributed by atoms with Crippen LogP contribution < -0.4 is 10.6 Å². The maximum atomic E-state index is 11.7. The van der Waals surface area contributed by atoms with Crippen molar-refractivity contribution in [3.8, 4) is 0 Å². The average Bonchev–Trinajstić information content (AvgIpc) is 2.30. The largest absolute Gasteiger partial charge is 0.380 e. The van der Waals surface area contributed by atoms with Crippen LogP contribution in [0.15, 0.2) is 18.2 Å². The summed E-state index contributed by atoms with van der Waals surface area (Å²) in [5.74, 6) is 0. The summed E-state index contributed by atoms with van der Waals surface area (Å²) in [6, 6.07) is 4.79. The highest BCUT2D eigenvalue weighted by Gasteiger charge is 2.33. The van der Waals surface area contributed by atoms with Gasteiger partial charge in [-0.15, -0.1) is 0 Å². The number of nitrogens with one attached hydrogen (secondary N) is 2. The van der Waals surface area contributed by atoms with Crippen LogP contribution >= 0.6 is 23.2 Å². The third kappa shape index (κ3) is 3.07. The van der Waals surface area contributed by atoms with Crippen molar-refractivity contribution in [2.75, 3.05) is 25.1 Å². The Kier molecular flexibility index (Phi) is 4.00. The molecule has 0 atom stereocenters. The summed E-state index contributed by atoms with van der Waals surface area (Å²) < 4.78 is 5.11. The number of carbonyl (C=O) groups is 1. The molecule has 1 aliphatic rings. The molecular weight excluding hydrogens is 275 g/mol. The first-order chi connectivity index (χ1) is 8.50. The monoisotopic (exact) mass is 288 g/mol. The van der Waals surface area contributed by atoms with Gasteiger partial charge in [0.2, 0.25) is 0 Å². The number of halogens is 2. The third-order valence-corrected chi connectivity index (χ3v) is 3.60. The molecule has 1 fully saturated rings. The molecule has 0 saturated carbocycles. The van der Waals surface area contributed by atoms with Gasteiger partial charge in [0.05, 0.1) is 28.9 Å². The summed E-state index contributed by atoms with van der Waals surface area (Å²) in [4.78, 5) is 11.7. The number of hydrogen-bond acceptors (Lipinski definition) is 2. The van der Waals surface area contributed by atoms with Gasteiger partial charge in [-0.2, -0.15) is 0 Å². The molecule has 1 aromatic rings. The van der Waals surface area contributed by atoms with Crippen molar-refractivity contribution < 1.29 is 9.53 Å². The zero-order chi connectivity index (χ0) is 13.2. The standard InChI is InChI=1S/C12H14Cl2N2O2/c1-12(6-18-7-12)5-15-11(17)16-9-4-2-3-8(13)10(9)14/h2-4H,5-7H2,1H3,(H2,15,16,17). The number of anilines is 1. The average molecular weight is 289 g/mol. The van der Waals surface area contributed by atoms with Crippen molar-refractivity contribution in [1.82, 2.24) is 5.32 Å². The van der Waals surface area contributed by atoms with Crippen LogP contribution in [-0.2, 0) is 4.74 Å². The fourth-order valence-corrected chi connectivity index (χ4v) is 1.96. The molecular formula is C12H14Cl2N2O2. The minimum atomic E-state index is -0.299. The van der Waals surface area contributed by atoms with Crippen LogP contribution in [0.25, 0.3) is 0 Å². The number of ether oxygens (including phenoxy) is 1. The molecule has 1 heterocycles. The molecule has 0 aliphatic carbocycles. The lowest BCUT2D eigenvalue weighted by molar-refractivity contribution is -0.0974. The van der Waals surface area contributed by atoms with Gasteiger partial charge in [-0.25, -0.2) is 4.79 Å². The first-order valence-electron chi connectivity index (χ1n) is 5.57. The Labute approximate surface area is 116 Å². The zero-order valence-corrected chi connectivity index (χ0v) is 11.4. The van der Waals surface area contributed by atoms with Crippen LogP contribution in [0.2, 0.25) is 10.0 Å². The predicted molar refractivity (Wildman–Crippen MR) is 72.4 cm³/mol. The van der Waals surface area contributed by atoms with E-state index in [9.17, 15) is 4.79 Å². The fraction of sp³-hybridized carbons (Fsp3) is 0.417. The number of benzene rings is 1. The normalized spacial score (nSPS) is 16.8. The molecule has 4 nitrogen and oxygen atoms in total. The Morgan fingerprint density at radius 2 is 2.17 bits per heavy atom. The van der Waals surface area contributed by atoms with E-state index in [4.69, 9.17) is 27.9 Å². The Morgan fingerprint density at radius 1 is 1.44 bits per heavy atom. The summed E-state index contributed by atoms with van der Waals surface area (Å²) in [5.41, 5.74) is 0.534. The zero-order valence-electron chi connectivity index (χ0n) is 9.93. The number of hydrogen-bond donors (Lipinski definition) is 2. The molecule has 98 valence electrons. The van der Waals surface area contributed by atoms with Crippen LogP contribution in [0.1, 0.15) is 6.92 Å². The van der Waals surface area contributed by atoms with Gasteiger partial charge in [-0.3, -0.25) is 0 Å². The SMILES string of the molecule is CC1(CNC(=O)Nc2cccc(Cl)c2Cl)COC1. The summed E-state index contributed by atoms with van der Waals surface area (Å²) in [7, 11) is 0. The van der Waals surface area contributed by atoms with Gasteiger partial charge >= 0.3 is 6.03 Å². The van der Waals surface area contributed by atoms with E-state index in [0.717, 1.165) is 0 Å². The lowest BCUT2D eigenvalue weighted by Gasteiger charge is -2.37. The highest BCUT2D eigenvalue weighted by atomic mass is 35.5. The lowest BCUT2D eigenvalue weighted by atomic mass is 9.89. The molecule has 0 unspecified atom stereocenters. The molecule has 2 N–H and O–H groups in total. The smallest absolute Gasteiger partial charge is 0.319 e. The highest BCUT2D eigenvalue weighted by Crippen LogP contribution is 2.29. The van der Waals surface area contributed by atoms with Gasteiger partial charge in [0.15, 0.2) is 0 Å². The minimum Gasteiger partial charge on any atom is -0.380 e. The quantitative estimate of drug-likeness (QED) is 0.898. The lowest BCUT2D eigenvalue weighted by Crippen LogP contribution is -2.49. The van der Waals surface area contributed by atoms with E-state index in [0.29, 0.717) is 35.5 Å². The Bertz CT molecular complexity index is 461. The van der Waals surface area contributed by atoms with Crippen LogP contribution in [0.3, 0.4) is 0 Å². The Hall–Kier alpha value is -0.970. The van der Waals surface area contributed by atoms with Gasteiger partial charge in [0, 0.05) is 12.0 Å². The highest BCUT2D eigenvalue weighted by molar-refractivity contribution is 6.43. The Balaban J connectivity index is 1.89. The van der Waals surface area contributed by atoms with Crippen molar-refractivity contribution in [3.63, 3.8) is 0 Å². The van der Waals surface area contributed by atoms with Crippen LogP contribution in [0.4, 0.5) is 10.5 Å². The molecule has 2 amide bonds. The van der Waals surface area contributed by atoms with Gasteiger partial charge in [-0.1, -0.05) is 36.2 Å². The maximum Gasteiger partial charge on any atom is 0.319 e. The van der Waals surface area contributed by atoms with E-state index in [1.807, 2.05) is 0 Å². The summed E-state index contributed by atoms with van der Waals surface area (Å²) >= 11 is 11.8. The molecule has 1 aromatic carbocycles. The molecule has 1 saturated heterocycles. The van der Waals surface area contributed by atoms with Gasteiger partial charge < -0.3 is 15.4 Å². The second-order valence-corrected chi connectivity index (χ2v) is 5.50. The van der Waals surface area contributed by atoms with E-state index in [1.165, 1.54) is 0 Å². The molecule has 0 spiro atoms. The van der Waals surface area contributed by atoms with E-state index in [1.54, 1.807) is 18.2 Å². The van der Waals surface area contributed by atoms with Crippen molar-refractivity contribution in [3.05, 3.63) is 28.2 Å². The summed E-state index contributed by atoms with van der Waals surface area (Å²) in [5, 5.41) is 6.20. The first kappa shape index (κ1) is 13.5.